The lowest BCUT2D eigenvalue weighted by Gasteiger charge is -2.10. The number of hydrogen-bond donors (Lipinski definition) is 3. The number of aliphatic hydroxyl groups is 1. The summed E-state index contributed by atoms with van der Waals surface area (Å²) in [5.74, 6) is -0.196. The summed E-state index contributed by atoms with van der Waals surface area (Å²) in [5.41, 5.74) is 2.64. The third-order valence-electron chi connectivity index (χ3n) is 3.35. The van der Waals surface area contributed by atoms with Crippen LogP contribution in [0.1, 0.15) is 16.8 Å². The lowest BCUT2D eigenvalue weighted by atomic mass is 10.0. The molecule has 0 aliphatic carbocycles. The number of aromatic nitrogens is 3. The molecule has 0 aliphatic rings. The SMILES string of the molecule is Cc1nc2c(c(C)c1CC(=O)NCCO)c(=O)[nH]n2C. The number of pyridine rings is 1. The van der Waals surface area contributed by atoms with Gasteiger partial charge in [0.2, 0.25) is 5.91 Å². The zero-order valence-corrected chi connectivity index (χ0v) is 11.8. The van der Waals surface area contributed by atoms with Gasteiger partial charge in [-0.1, -0.05) is 0 Å². The highest BCUT2D eigenvalue weighted by molar-refractivity contribution is 5.84. The molecule has 7 nitrogen and oxygen atoms in total. The van der Waals surface area contributed by atoms with Crippen LogP contribution in [0.3, 0.4) is 0 Å². The van der Waals surface area contributed by atoms with E-state index in [0.717, 1.165) is 16.8 Å². The Labute approximate surface area is 115 Å². The van der Waals surface area contributed by atoms with Crippen LogP contribution >= 0.6 is 0 Å². The molecule has 0 fully saturated rings. The van der Waals surface area contributed by atoms with Gasteiger partial charge >= 0.3 is 0 Å². The zero-order chi connectivity index (χ0) is 14.9. The Hall–Kier alpha value is -2.15. The summed E-state index contributed by atoms with van der Waals surface area (Å²) in [6.45, 7) is 3.76. The second-order valence-corrected chi connectivity index (χ2v) is 4.75. The van der Waals surface area contributed by atoms with E-state index in [1.807, 2.05) is 13.8 Å². The van der Waals surface area contributed by atoms with Gasteiger partial charge in [0.25, 0.3) is 5.56 Å². The molecule has 1 amide bonds. The van der Waals surface area contributed by atoms with E-state index >= 15 is 0 Å². The van der Waals surface area contributed by atoms with Crippen LogP contribution in [0.4, 0.5) is 0 Å². The van der Waals surface area contributed by atoms with Crippen molar-refractivity contribution in [3.63, 3.8) is 0 Å². The predicted molar refractivity (Wildman–Crippen MR) is 74.6 cm³/mol. The van der Waals surface area contributed by atoms with Gasteiger partial charge in [0.15, 0.2) is 5.65 Å². The minimum atomic E-state index is -0.204. The lowest BCUT2D eigenvalue weighted by molar-refractivity contribution is -0.120. The van der Waals surface area contributed by atoms with Gasteiger partial charge in [0.05, 0.1) is 18.4 Å². The Morgan fingerprint density at radius 3 is 2.80 bits per heavy atom. The van der Waals surface area contributed by atoms with Crippen molar-refractivity contribution < 1.29 is 9.90 Å². The maximum absolute atomic E-state index is 11.9. The van der Waals surface area contributed by atoms with Crippen LogP contribution in [0.25, 0.3) is 11.0 Å². The Morgan fingerprint density at radius 2 is 2.15 bits per heavy atom. The first kappa shape index (κ1) is 14.3. The number of carbonyl (C=O) groups excluding carboxylic acids is 1. The molecule has 0 unspecified atom stereocenters. The van der Waals surface area contributed by atoms with Crippen LogP contribution in [-0.4, -0.2) is 38.9 Å². The maximum atomic E-state index is 11.9. The molecule has 0 atom stereocenters. The van der Waals surface area contributed by atoms with Gasteiger partial charge in [0.1, 0.15) is 0 Å². The van der Waals surface area contributed by atoms with E-state index in [0.29, 0.717) is 11.0 Å². The molecule has 0 aliphatic heterocycles. The van der Waals surface area contributed by atoms with Gasteiger partial charge in [-0.05, 0) is 25.0 Å². The summed E-state index contributed by atoms with van der Waals surface area (Å²) in [7, 11) is 1.73. The minimum Gasteiger partial charge on any atom is -0.395 e. The molecule has 108 valence electrons. The van der Waals surface area contributed by atoms with Crippen LogP contribution in [0, 0.1) is 13.8 Å². The Kier molecular flexibility index (Phi) is 3.89. The summed E-state index contributed by atoms with van der Waals surface area (Å²) in [6.07, 6.45) is 0.148. The van der Waals surface area contributed by atoms with Gasteiger partial charge in [-0.15, -0.1) is 0 Å². The van der Waals surface area contributed by atoms with E-state index in [4.69, 9.17) is 5.11 Å². The fourth-order valence-corrected chi connectivity index (χ4v) is 2.33. The molecule has 20 heavy (non-hydrogen) atoms. The summed E-state index contributed by atoms with van der Waals surface area (Å²) in [6, 6.07) is 0. The van der Waals surface area contributed by atoms with Crippen molar-refractivity contribution in [1.29, 1.82) is 0 Å². The monoisotopic (exact) mass is 278 g/mol. The fourth-order valence-electron chi connectivity index (χ4n) is 2.33. The van der Waals surface area contributed by atoms with Crippen LogP contribution in [-0.2, 0) is 18.3 Å². The second-order valence-electron chi connectivity index (χ2n) is 4.75. The Morgan fingerprint density at radius 1 is 1.45 bits per heavy atom. The number of rotatable bonds is 4. The molecule has 0 saturated carbocycles. The van der Waals surface area contributed by atoms with Crippen LogP contribution < -0.4 is 10.9 Å². The molecule has 2 aromatic heterocycles. The van der Waals surface area contributed by atoms with Crippen molar-refractivity contribution in [2.75, 3.05) is 13.2 Å². The van der Waals surface area contributed by atoms with Crippen molar-refractivity contribution in [2.24, 2.45) is 7.05 Å². The van der Waals surface area contributed by atoms with E-state index in [-0.39, 0.29) is 31.0 Å². The summed E-state index contributed by atoms with van der Waals surface area (Å²) in [5, 5.41) is 14.5. The predicted octanol–water partition coefficient (Wildman–Crippen LogP) is -0.471. The average molecular weight is 278 g/mol. The zero-order valence-electron chi connectivity index (χ0n) is 11.8. The number of carbonyl (C=O) groups is 1. The number of nitrogens with zero attached hydrogens (tertiary/aromatic N) is 2. The van der Waals surface area contributed by atoms with E-state index in [9.17, 15) is 9.59 Å². The van der Waals surface area contributed by atoms with Gasteiger partial charge in [-0.3, -0.25) is 19.4 Å². The second kappa shape index (κ2) is 5.46. The highest BCUT2D eigenvalue weighted by Gasteiger charge is 2.17. The standard InChI is InChI=1S/C13H18N4O3/c1-7-9(6-10(19)14-4-5-18)8(2)15-12-11(7)13(20)16-17(12)3/h18H,4-6H2,1-3H3,(H,14,19)(H,16,20). The van der Waals surface area contributed by atoms with Gasteiger partial charge < -0.3 is 10.4 Å². The lowest BCUT2D eigenvalue weighted by Crippen LogP contribution is -2.28. The molecule has 7 heteroatoms. The Balaban J connectivity index is 2.46. The topological polar surface area (TPSA) is 100 Å². The number of aromatic amines is 1. The van der Waals surface area contributed by atoms with E-state index < -0.39 is 0 Å². The average Bonchev–Trinajstić information content (AvgIpc) is 2.67. The third-order valence-corrected chi connectivity index (χ3v) is 3.35. The summed E-state index contributed by atoms with van der Waals surface area (Å²) < 4.78 is 1.58. The molecule has 0 bridgehead atoms. The van der Waals surface area contributed by atoms with Crippen molar-refractivity contribution in [1.82, 2.24) is 20.1 Å². The molecule has 0 saturated heterocycles. The van der Waals surface area contributed by atoms with Crippen molar-refractivity contribution in [3.05, 3.63) is 27.2 Å². The van der Waals surface area contributed by atoms with Gasteiger partial charge in [0, 0.05) is 19.3 Å². The van der Waals surface area contributed by atoms with Crippen molar-refractivity contribution >= 4 is 16.9 Å². The summed E-state index contributed by atoms with van der Waals surface area (Å²) in [4.78, 5) is 28.0. The number of hydrogen-bond acceptors (Lipinski definition) is 4. The smallest absolute Gasteiger partial charge is 0.273 e. The van der Waals surface area contributed by atoms with Crippen LogP contribution in [0.15, 0.2) is 4.79 Å². The number of aryl methyl sites for hydroxylation is 3. The molecule has 2 heterocycles. The summed E-state index contributed by atoms with van der Waals surface area (Å²) >= 11 is 0. The largest absolute Gasteiger partial charge is 0.395 e. The van der Waals surface area contributed by atoms with Crippen LogP contribution in [0.2, 0.25) is 0 Å². The number of fused-ring (bicyclic) bond motifs is 1. The molecule has 3 N–H and O–H groups in total. The molecule has 0 spiro atoms. The highest BCUT2D eigenvalue weighted by Crippen LogP contribution is 2.20. The van der Waals surface area contributed by atoms with E-state index in [1.165, 1.54) is 0 Å². The highest BCUT2D eigenvalue weighted by atomic mass is 16.3. The molecule has 2 aromatic rings. The molecular weight excluding hydrogens is 260 g/mol. The molecule has 2 rings (SSSR count). The molecular formula is C13H18N4O3. The maximum Gasteiger partial charge on any atom is 0.273 e. The van der Waals surface area contributed by atoms with Crippen molar-refractivity contribution in [3.8, 4) is 0 Å². The normalized spacial score (nSPS) is 11.0. The van der Waals surface area contributed by atoms with Crippen LogP contribution in [0.5, 0.6) is 0 Å². The number of H-pyrrole nitrogens is 1. The minimum absolute atomic E-state index is 0.0979. The van der Waals surface area contributed by atoms with E-state index in [2.05, 4.69) is 15.4 Å². The number of aliphatic hydroxyl groups excluding tert-OH is 1. The first-order valence-electron chi connectivity index (χ1n) is 6.38. The first-order chi connectivity index (χ1) is 9.45. The fraction of sp³-hybridized carbons (Fsp3) is 0.462. The third kappa shape index (κ3) is 2.44. The number of amides is 1. The molecule has 0 aromatic carbocycles. The molecule has 0 radical (unpaired) electrons. The quantitative estimate of drug-likeness (QED) is 0.704. The van der Waals surface area contributed by atoms with Gasteiger partial charge in [-0.2, -0.15) is 0 Å². The number of nitrogens with one attached hydrogen (secondary N) is 2. The Bertz CT molecular complexity index is 714. The van der Waals surface area contributed by atoms with E-state index in [1.54, 1.807) is 11.7 Å². The van der Waals surface area contributed by atoms with Gasteiger partial charge in [-0.25, -0.2) is 4.98 Å². The first-order valence-corrected chi connectivity index (χ1v) is 6.38. The van der Waals surface area contributed by atoms with Crippen molar-refractivity contribution in [2.45, 2.75) is 20.3 Å².